The number of aryl methyl sites for hydroxylation is 4. The van der Waals surface area contributed by atoms with Crippen LogP contribution in [-0.4, -0.2) is 62.6 Å². The number of amides is 2. The van der Waals surface area contributed by atoms with Gasteiger partial charge in [-0.15, -0.1) is 0 Å². The van der Waals surface area contributed by atoms with Crippen LogP contribution in [0.5, 0.6) is 17.2 Å². The third kappa shape index (κ3) is 10.7. The number of likely N-dealkylation sites (tertiary alicyclic amines) is 1. The van der Waals surface area contributed by atoms with Crippen molar-refractivity contribution < 1.29 is 33.3 Å². The van der Waals surface area contributed by atoms with Crippen LogP contribution in [0.1, 0.15) is 111 Å². The summed E-state index contributed by atoms with van der Waals surface area (Å²) < 4.78 is 23.4. The van der Waals surface area contributed by atoms with Crippen molar-refractivity contribution in [2.24, 2.45) is 0 Å². The van der Waals surface area contributed by atoms with E-state index in [1.54, 1.807) is 25.2 Å². The number of unbranched alkanes of at least 4 members (excludes halogenated alkanes) is 2. The van der Waals surface area contributed by atoms with Gasteiger partial charge in [-0.3, -0.25) is 9.59 Å². The Morgan fingerprint density at radius 1 is 0.885 bits per heavy atom. The number of nitrogens with zero attached hydrogens (tertiary/aromatic N) is 1. The highest BCUT2D eigenvalue weighted by atomic mass is 16.5. The van der Waals surface area contributed by atoms with E-state index in [-0.39, 0.29) is 18.4 Å². The van der Waals surface area contributed by atoms with E-state index < -0.39 is 24.0 Å². The zero-order valence-electron chi connectivity index (χ0n) is 32.2. The lowest BCUT2D eigenvalue weighted by atomic mass is 9.91. The Morgan fingerprint density at radius 2 is 1.69 bits per heavy atom. The average molecular weight is 715 g/mol. The molecular formula is C43H58N2O7. The summed E-state index contributed by atoms with van der Waals surface area (Å²) in [6.45, 7) is 11.2. The van der Waals surface area contributed by atoms with Gasteiger partial charge in [0, 0.05) is 13.1 Å². The number of hydrogen-bond donors (Lipinski definition) is 1. The Bertz CT molecular complexity index is 1650. The fraction of sp³-hybridized carbons (Fsp3) is 0.512. The fourth-order valence-corrected chi connectivity index (χ4v) is 6.95. The number of piperidine rings is 1. The maximum absolute atomic E-state index is 14.3. The number of benzene rings is 3. The lowest BCUT2D eigenvalue weighted by Crippen LogP contribution is -2.50. The van der Waals surface area contributed by atoms with Crippen molar-refractivity contribution in [3.63, 3.8) is 0 Å². The van der Waals surface area contributed by atoms with E-state index in [4.69, 9.17) is 18.9 Å². The largest absolute Gasteiger partial charge is 0.493 e. The quantitative estimate of drug-likeness (QED) is 0.105. The van der Waals surface area contributed by atoms with Crippen molar-refractivity contribution in [3.05, 3.63) is 88.0 Å². The molecule has 2 amide bonds. The summed E-state index contributed by atoms with van der Waals surface area (Å²) in [6, 6.07) is 17.0. The zero-order valence-corrected chi connectivity index (χ0v) is 32.2. The third-order valence-corrected chi connectivity index (χ3v) is 10.1. The van der Waals surface area contributed by atoms with Crippen LogP contribution in [0, 0.1) is 20.8 Å². The highest BCUT2D eigenvalue weighted by Crippen LogP contribution is 2.37. The van der Waals surface area contributed by atoms with Gasteiger partial charge in [0.05, 0.1) is 20.1 Å². The van der Waals surface area contributed by atoms with Gasteiger partial charge in [0.1, 0.15) is 17.9 Å². The third-order valence-electron chi connectivity index (χ3n) is 10.1. The molecule has 1 saturated heterocycles. The minimum Gasteiger partial charge on any atom is -0.493 e. The molecule has 3 aromatic carbocycles. The molecule has 4 rings (SSSR count). The molecule has 1 heterocycles. The average Bonchev–Trinajstić information content (AvgIpc) is 3.15. The molecule has 0 aromatic heterocycles. The number of nitrogens with one attached hydrogen (secondary N) is 1. The molecule has 0 spiro atoms. The van der Waals surface area contributed by atoms with E-state index >= 15 is 0 Å². The molecule has 3 atom stereocenters. The van der Waals surface area contributed by atoms with Crippen LogP contribution in [0.15, 0.2) is 54.6 Å². The van der Waals surface area contributed by atoms with Gasteiger partial charge in [-0.1, -0.05) is 63.1 Å². The second kappa shape index (κ2) is 19.9. The van der Waals surface area contributed by atoms with Crippen molar-refractivity contribution >= 4 is 17.8 Å². The maximum atomic E-state index is 14.3. The van der Waals surface area contributed by atoms with Gasteiger partial charge in [-0.25, -0.2) is 4.79 Å². The Morgan fingerprint density at radius 3 is 2.40 bits per heavy atom. The van der Waals surface area contributed by atoms with Crippen molar-refractivity contribution in [3.8, 4) is 17.2 Å². The number of methoxy groups -OCH3 is 2. The second-order valence-corrected chi connectivity index (χ2v) is 13.9. The number of carbonyl (C=O) groups excluding carboxylic acids is 3. The highest BCUT2D eigenvalue weighted by Gasteiger charge is 2.38. The van der Waals surface area contributed by atoms with Gasteiger partial charge in [0.15, 0.2) is 18.1 Å². The van der Waals surface area contributed by atoms with E-state index in [0.29, 0.717) is 56.0 Å². The van der Waals surface area contributed by atoms with Crippen LogP contribution >= 0.6 is 0 Å². The summed E-state index contributed by atoms with van der Waals surface area (Å²) in [5.74, 6) is 0.614. The predicted octanol–water partition coefficient (Wildman–Crippen LogP) is 8.11. The topological polar surface area (TPSA) is 103 Å². The number of ether oxygens (including phenoxy) is 4. The fourth-order valence-electron chi connectivity index (χ4n) is 6.95. The second-order valence-electron chi connectivity index (χ2n) is 13.9. The van der Waals surface area contributed by atoms with Crippen LogP contribution in [0.25, 0.3) is 0 Å². The summed E-state index contributed by atoms with van der Waals surface area (Å²) in [7, 11) is 3.19. The van der Waals surface area contributed by atoms with Gasteiger partial charge >= 0.3 is 5.97 Å². The van der Waals surface area contributed by atoms with E-state index in [1.807, 2.05) is 44.2 Å². The first-order valence-electron chi connectivity index (χ1n) is 18.9. The Hall–Kier alpha value is -4.53. The Labute approximate surface area is 310 Å². The summed E-state index contributed by atoms with van der Waals surface area (Å²) in [5, 5.41) is 2.91. The molecule has 1 aliphatic rings. The molecule has 0 radical (unpaired) electrons. The Kier molecular flexibility index (Phi) is 15.4. The van der Waals surface area contributed by atoms with Crippen LogP contribution in [-0.2, 0) is 25.5 Å². The minimum absolute atomic E-state index is 0.0918. The summed E-state index contributed by atoms with van der Waals surface area (Å²) >= 11 is 0. The normalized spacial score (nSPS) is 15.4. The molecule has 3 aromatic rings. The number of hydrogen-bond acceptors (Lipinski definition) is 7. The molecule has 0 bridgehead atoms. The summed E-state index contributed by atoms with van der Waals surface area (Å²) in [5.41, 5.74) is 6.07. The van der Waals surface area contributed by atoms with Gasteiger partial charge < -0.3 is 29.2 Å². The van der Waals surface area contributed by atoms with Gasteiger partial charge in [0.25, 0.3) is 5.91 Å². The van der Waals surface area contributed by atoms with Crippen LogP contribution in [0.4, 0.5) is 0 Å². The van der Waals surface area contributed by atoms with Crippen molar-refractivity contribution in [1.29, 1.82) is 0 Å². The number of carbonyl (C=O) groups is 3. The number of esters is 1. The standard InChI is InChI=1S/C43H58N2O7/c1-8-10-12-22-44-40(46)28-51-35-16-14-15-33(26-35)38(21-20-32-19-18-29(3)30(4)24-32)52-43(48)37-17-11-13-23-45(37)42(47)36(9-2)34-25-31(5)41(50-7)39(27-34)49-6/h14-16,18-19,24-27,36-38H,8-13,17,20-23,28H2,1-7H3,(H,44,46)/t36-,37-,38?/m0/s1. The number of rotatable bonds is 18. The zero-order chi connectivity index (χ0) is 37.6. The monoisotopic (exact) mass is 714 g/mol. The molecule has 1 N–H and O–H groups in total. The molecule has 52 heavy (non-hydrogen) atoms. The molecule has 1 unspecified atom stereocenters. The molecule has 9 nitrogen and oxygen atoms in total. The first-order valence-corrected chi connectivity index (χ1v) is 18.9. The first-order chi connectivity index (χ1) is 25.1. The summed E-state index contributed by atoms with van der Waals surface area (Å²) in [4.78, 5) is 42.6. The molecule has 282 valence electrons. The van der Waals surface area contributed by atoms with Crippen molar-refractivity contribution in [2.75, 3.05) is 33.9 Å². The van der Waals surface area contributed by atoms with Crippen LogP contribution < -0.4 is 19.5 Å². The molecule has 0 saturated carbocycles. The maximum Gasteiger partial charge on any atom is 0.329 e. The van der Waals surface area contributed by atoms with E-state index in [9.17, 15) is 14.4 Å². The molecule has 1 fully saturated rings. The van der Waals surface area contributed by atoms with E-state index in [0.717, 1.165) is 54.4 Å². The lowest BCUT2D eigenvalue weighted by Gasteiger charge is -2.37. The summed E-state index contributed by atoms with van der Waals surface area (Å²) in [6.07, 6.45) is 6.47. The van der Waals surface area contributed by atoms with Crippen molar-refractivity contribution in [2.45, 2.75) is 110 Å². The van der Waals surface area contributed by atoms with Gasteiger partial charge in [-0.2, -0.15) is 0 Å². The molecule has 1 aliphatic heterocycles. The van der Waals surface area contributed by atoms with Crippen molar-refractivity contribution in [1.82, 2.24) is 10.2 Å². The van der Waals surface area contributed by atoms with Gasteiger partial charge in [-0.05, 0) is 117 Å². The van der Waals surface area contributed by atoms with Crippen LogP contribution in [0.3, 0.4) is 0 Å². The smallest absolute Gasteiger partial charge is 0.329 e. The highest BCUT2D eigenvalue weighted by molar-refractivity contribution is 5.89. The minimum atomic E-state index is -0.698. The van der Waals surface area contributed by atoms with E-state index in [2.05, 4.69) is 44.3 Å². The first kappa shape index (κ1) is 40.2. The molecule has 9 heteroatoms. The van der Waals surface area contributed by atoms with E-state index in [1.165, 1.54) is 11.1 Å². The Balaban J connectivity index is 1.55. The van der Waals surface area contributed by atoms with Crippen LogP contribution in [0.2, 0.25) is 0 Å². The molecule has 0 aliphatic carbocycles. The van der Waals surface area contributed by atoms with Gasteiger partial charge in [0.2, 0.25) is 5.91 Å². The molecular weight excluding hydrogens is 656 g/mol. The SMILES string of the molecule is CCCCCNC(=O)COc1cccc(C(CCc2ccc(C)c(C)c2)OC(=O)[C@@H]2CCCCN2C(=O)[C@@H](CC)c2cc(C)c(OC)c(OC)c2)c1. The lowest BCUT2D eigenvalue weighted by molar-refractivity contribution is -0.162. The predicted molar refractivity (Wildman–Crippen MR) is 204 cm³/mol.